The van der Waals surface area contributed by atoms with Crippen LogP contribution >= 0.6 is 11.6 Å². The SMILES string of the molecule is CCC(OC1CCCc2nc(C(C)C)n(Cc3ccc(Cl)cc3)c21)C(=O)O. The maximum Gasteiger partial charge on any atom is 0.332 e. The van der Waals surface area contributed by atoms with Gasteiger partial charge in [0.25, 0.3) is 0 Å². The molecule has 1 aliphatic carbocycles. The number of hydrogen-bond acceptors (Lipinski definition) is 3. The van der Waals surface area contributed by atoms with E-state index in [9.17, 15) is 9.90 Å². The molecule has 0 saturated carbocycles. The number of rotatable bonds is 7. The van der Waals surface area contributed by atoms with E-state index in [1.54, 1.807) is 0 Å². The zero-order valence-corrected chi connectivity index (χ0v) is 16.9. The molecule has 2 unspecified atom stereocenters. The highest BCUT2D eigenvalue weighted by Gasteiger charge is 2.32. The third kappa shape index (κ3) is 4.36. The first kappa shape index (κ1) is 19.9. The number of benzene rings is 1. The van der Waals surface area contributed by atoms with E-state index in [4.69, 9.17) is 21.3 Å². The lowest BCUT2D eigenvalue weighted by atomic mass is 9.97. The van der Waals surface area contributed by atoms with Crippen LogP contribution < -0.4 is 0 Å². The van der Waals surface area contributed by atoms with Gasteiger partial charge in [0, 0.05) is 17.5 Å². The van der Waals surface area contributed by atoms with Crippen LogP contribution in [0.2, 0.25) is 5.02 Å². The minimum absolute atomic E-state index is 0.234. The number of carbonyl (C=O) groups is 1. The number of ether oxygens (including phenoxy) is 1. The van der Waals surface area contributed by atoms with Crippen molar-refractivity contribution in [1.82, 2.24) is 9.55 Å². The Morgan fingerprint density at radius 3 is 2.67 bits per heavy atom. The molecule has 146 valence electrons. The van der Waals surface area contributed by atoms with Gasteiger partial charge in [-0.05, 0) is 43.4 Å². The van der Waals surface area contributed by atoms with Gasteiger partial charge in [-0.15, -0.1) is 0 Å². The summed E-state index contributed by atoms with van der Waals surface area (Å²) in [5, 5.41) is 10.1. The fourth-order valence-electron chi connectivity index (χ4n) is 3.71. The minimum atomic E-state index is -0.905. The topological polar surface area (TPSA) is 64.4 Å². The molecule has 2 aromatic rings. The quantitative estimate of drug-likeness (QED) is 0.725. The minimum Gasteiger partial charge on any atom is -0.479 e. The van der Waals surface area contributed by atoms with Crippen LogP contribution in [0.25, 0.3) is 0 Å². The van der Waals surface area contributed by atoms with Crippen LogP contribution in [0.4, 0.5) is 0 Å². The Hall–Kier alpha value is -1.85. The van der Waals surface area contributed by atoms with Crippen molar-refractivity contribution in [3.63, 3.8) is 0 Å². The maximum absolute atomic E-state index is 11.5. The molecule has 1 heterocycles. The Kier molecular flexibility index (Phi) is 6.22. The molecule has 5 nitrogen and oxygen atoms in total. The monoisotopic (exact) mass is 390 g/mol. The van der Waals surface area contributed by atoms with Gasteiger partial charge in [-0.1, -0.05) is 44.5 Å². The normalized spacial score (nSPS) is 17.7. The summed E-state index contributed by atoms with van der Waals surface area (Å²) in [6.45, 7) is 6.78. The van der Waals surface area contributed by atoms with Crippen molar-refractivity contribution < 1.29 is 14.6 Å². The summed E-state index contributed by atoms with van der Waals surface area (Å²) in [4.78, 5) is 16.4. The van der Waals surface area contributed by atoms with Crippen molar-refractivity contribution >= 4 is 17.6 Å². The predicted octanol–water partition coefficient (Wildman–Crippen LogP) is 4.97. The molecule has 6 heteroatoms. The highest BCUT2D eigenvalue weighted by Crippen LogP contribution is 2.36. The molecule has 0 saturated heterocycles. The zero-order chi connectivity index (χ0) is 19.6. The van der Waals surface area contributed by atoms with E-state index in [1.165, 1.54) is 0 Å². The highest BCUT2D eigenvalue weighted by molar-refractivity contribution is 6.30. The lowest BCUT2D eigenvalue weighted by molar-refractivity contribution is -0.155. The Balaban J connectivity index is 2.00. The predicted molar refractivity (Wildman–Crippen MR) is 105 cm³/mol. The first-order valence-electron chi connectivity index (χ1n) is 9.62. The van der Waals surface area contributed by atoms with E-state index in [1.807, 2.05) is 31.2 Å². The number of aryl methyl sites for hydroxylation is 1. The summed E-state index contributed by atoms with van der Waals surface area (Å²) in [6.07, 6.45) is 2.11. The van der Waals surface area contributed by atoms with E-state index in [-0.39, 0.29) is 12.0 Å². The van der Waals surface area contributed by atoms with Crippen molar-refractivity contribution in [1.29, 1.82) is 0 Å². The van der Waals surface area contributed by atoms with Gasteiger partial charge in [0.15, 0.2) is 6.10 Å². The second-order valence-corrected chi connectivity index (χ2v) is 7.86. The maximum atomic E-state index is 11.5. The lowest BCUT2D eigenvalue weighted by Crippen LogP contribution is -2.28. The molecule has 0 amide bonds. The van der Waals surface area contributed by atoms with Crippen molar-refractivity contribution in [3.8, 4) is 0 Å². The Morgan fingerprint density at radius 2 is 2.07 bits per heavy atom. The molecule has 0 spiro atoms. The van der Waals surface area contributed by atoms with Gasteiger partial charge in [-0.2, -0.15) is 0 Å². The van der Waals surface area contributed by atoms with E-state index >= 15 is 0 Å². The number of fused-ring (bicyclic) bond motifs is 1. The third-order valence-electron chi connectivity index (χ3n) is 5.04. The van der Waals surface area contributed by atoms with E-state index in [2.05, 4.69) is 18.4 Å². The zero-order valence-electron chi connectivity index (χ0n) is 16.1. The number of aromatic nitrogens is 2. The van der Waals surface area contributed by atoms with Gasteiger partial charge in [0.1, 0.15) is 11.9 Å². The van der Waals surface area contributed by atoms with E-state index in [0.29, 0.717) is 18.0 Å². The largest absolute Gasteiger partial charge is 0.479 e. The van der Waals surface area contributed by atoms with Gasteiger partial charge in [0.2, 0.25) is 0 Å². The number of halogens is 1. The molecular weight excluding hydrogens is 364 g/mol. The third-order valence-corrected chi connectivity index (χ3v) is 5.29. The van der Waals surface area contributed by atoms with Crippen LogP contribution in [0.5, 0.6) is 0 Å². The van der Waals surface area contributed by atoms with Crippen molar-refractivity contribution in [2.45, 2.75) is 71.1 Å². The van der Waals surface area contributed by atoms with Crippen molar-refractivity contribution in [2.24, 2.45) is 0 Å². The summed E-state index contributed by atoms with van der Waals surface area (Å²) in [7, 11) is 0. The highest BCUT2D eigenvalue weighted by atomic mass is 35.5. The average Bonchev–Trinajstić information content (AvgIpc) is 3.01. The lowest BCUT2D eigenvalue weighted by Gasteiger charge is -2.27. The molecule has 3 rings (SSSR count). The fraction of sp³-hybridized carbons (Fsp3) is 0.524. The number of hydrogen-bond donors (Lipinski definition) is 1. The summed E-state index contributed by atoms with van der Waals surface area (Å²) in [6, 6.07) is 7.81. The molecule has 0 fully saturated rings. The molecule has 0 bridgehead atoms. The molecular formula is C21H27ClN2O3. The number of nitrogens with zero attached hydrogens (tertiary/aromatic N) is 2. The molecule has 2 atom stereocenters. The smallest absolute Gasteiger partial charge is 0.332 e. The number of carboxylic acids is 1. The van der Waals surface area contributed by atoms with Gasteiger partial charge in [-0.25, -0.2) is 9.78 Å². The molecule has 1 aliphatic rings. The Labute approximate surface area is 165 Å². The summed E-state index contributed by atoms with van der Waals surface area (Å²) < 4.78 is 8.26. The van der Waals surface area contributed by atoms with Crippen LogP contribution in [0.15, 0.2) is 24.3 Å². The molecule has 1 aromatic heterocycles. The van der Waals surface area contributed by atoms with Gasteiger partial charge < -0.3 is 14.4 Å². The van der Waals surface area contributed by atoms with Gasteiger partial charge in [0.05, 0.1) is 11.4 Å². The second kappa shape index (κ2) is 8.44. The summed E-state index contributed by atoms with van der Waals surface area (Å²) in [5.41, 5.74) is 3.22. The van der Waals surface area contributed by atoms with Gasteiger partial charge in [-0.3, -0.25) is 0 Å². The standard InChI is InChI=1S/C21H27ClN2O3/c1-4-17(21(25)26)27-18-7-5-6-16-19(18)24(20(23-16)13(2)3)12-14-8-10-15(22)11-9-14/h8-11,13,17-18H,4-7,12H2,1-3H3,(H,25,26). The van der Waals surface area contributed by atoms with E-state index < -0.39 is 12.1 Å². The Morgan fingerprint density at radius 1 is 1.37 bits per heavy atom. The first-order chi connectivity index (χ1) is 12.9. The van der Waals surface area contributed by atoms with Crippen LogP contribution in [0, 0.1) is 0 Å². The average molecular weight is 391 g/mol. The summed E-state index contributed by atoms with van der Waals surface area (Å²) >= 11 is 6.02. The van der Waals surface area contributed by atoms with Gasteiger partial charge >= 0.3 is 5.97 Å². The van der Waals surface area contributed by atoms with Crippen LogP contribution in [-0.2, 0) is 22.5 Å². The number of carboxylic acid groups (broad SMARTS) is 1. The molecule has 1 N–H and O–H groups in total. The summed E-state index contributed by atoms with van der Waals surface area (Å²) in [5.74, 6) is 0.385. The fourth-order valence-corrected chi connectivity index (χ4v) is 3.84. The second-order valence-electron chi connectivity index (χ2n) is 7.42. The molecule has 0 radical (unpaired) electrons. The van der Waals surface area contributed by atoms with Crippen LogP contribution in [-0.4, -0.2) is 26.7 Å². The van der Waals surface area contributed by atoms with E-state index in [0.717, 1.165) is 42.0 Å². The number of aliphatic carboxylic acids is 1. The van der Waals surface area contributed by atoms with Crippen LogP contribution in [0.3, 0.4) is 0 Å². The van der Waals surface area contributed by atoms with Crippen LogP contribution in [0.1, 0.15) is 74.8 Å². The molecule has 1 aromatic carbocycles. The first-order valence-corrected chi connectivity index (χ1v) is 10.00. The van der Waals surface area contributed by atoms with Crippen molar-refractivity contribution in [2.75, 3.05) is 0 Å². The number of imidazole rings is 1. The molecule has 0 aliphatic heterocycles. The molecule has 27 heavy (non-hydrogen) atoms. The van der Waals surface area contributed by atoms with Crippen molar-refractivity contribution in [3.05, 3.63) is 52.1 Å². The Bertz CT molecular complexity index is 799.